The normalized spacial score (nSPS) is 12.7. The van der Waals surface area contributed by atoms with Crippen molar-refractivity contribution in [3.8, 4) is 0 Å². The Kier molecular flexibility index (Phi) is 5.54. The number of benzene rings is 2. The first-order valence-electron chi connectivity index (χ1n) is 8.62. The number of nitrogens with one attached hydrogen (secondary N) is 1. The maximum Gasteiger partial charge on any atom is 0.260 e. The van der Waals surface area contributed by atoms with Gasteiger partial charge in [-0.3, -0.25) is 14.9 Å². The Bertz CT molecular complexity index is 1090. The predicted octanol–water partition coefficient (Wildman–Crippen LogP) is 3.75. The van der Waals surface area contributed by atoms with Crippen molar-refractivity contribution >= 4 is 45.7 Å². The van der Waals surface area contributed by atoms with Gasteiger partial charge in [0.05, 0.1) is 11.3 Å². The Morgan fingerprint density at radius 1 is 1.17 bits per heavy atom. The lowest BCUT2D eigenvalue weighted by Crippen LogP contribution is -2.30. The Morgan fingerprint density at radius 2 is 2.00 bits per heavy atom. The van der Waals surface area contributed by atoms with Crippen molar-refractivity contribution in [2.24, 2.45) is 0 Å². The van der Waals surface area contributed by atoms with Crippen LogP contribution in [0, 0.1) is 11.6 Å². The quantitative estimate of drug-likeness (QED) is 0.491. The molecule has 0 spiro atoms. The molecule has 0 saturated carbocycles. The first-order chi connectivity index (χ1) is 14.0. The monoisotopic (exact) mass is 432 g/mol. The second-order valence-corrected chi connectivity index (χ2v) is 8.36. The van der Waals surface area contributed by atoms with E-state index in [0.29, 0.717) is 17.0 Å². The number of hydrogen-bond donors (Lipinski definition) is 1. The molecule has 1 aliphatic heterocycles. The smallest absolute Gasteiger partial charge is 0.260 e. The van der Waals surface area contributed by atoms with Gasteiger partial charge in [-0.25, -0.2) is 8.78 Å². The molecule has 2 aromatic carbocycles. The van der Waals surface area contributed by atoms with Crippen molar-refractivity contribution in [3.63, 3.8) is 0 Å². The number of para-hydroxylation sites is 1. The summed E-state index contributed by atoms with van der Waals surface area (Å²) in [6.07, 6.45) is 0.835. The fourth-order valence-electron chi connectivity index (χ4n) is 2.96. The van der Waals surface area contributed by atoms with Gasteiger partial charge >= 0.3 is 0 Å². The van der Waals surface area contributed by atoms with Gasteiger partial charge in [-0.2, -0.15) is 0 Å². The number of halogens is 2. The maximum atomic E-state index is 13.7. The molecule has 0 aliphatic carbocycles. The van der Waals surface area contributed by atoms with Crippen LogP contribution in [-0.4, -0.2) is 34.3 Å². The second kappa shape index (κ2) is 8.26. The molecule has 3 aromatic rings. The van der Waals surface area contributed by atoms with Crippen molar-refractivity contribution in [1.82, 2.24) is 10.2 Å². The standard InChI is InChI=1S/C19H14F2N4O2S2/c20-12-5-6-13(14(21)9-12)17(27)22-18-23-24-19(29-18)28-10-16(26)25-8-7-11-3-1-2-4-15(11)25/h1-6,9H,7-8,10H2,(H,22,23,27). The maximum absolute atomic E-state index is 13.7. The van der Waals surface area contributed by atoms with Crippen LogP contribution in [0.15, 0.2) is 46.8 Å². The van der Waals surface area contributed by atoms with Gasteiger partial charge in [0.25, 0.3) is 5.91 Å². The Morgan fingerprint density at radius 3 is 2.83 bits per heavy atom. The molecule has 0 bridgehead atoms. The number of fused-ring (bicyclic) bond motifs is 1. The average molecular weight is 432 g/mol. The zero-order valence-corrected chi connectivity index (χ0v) is 16.5. The summed E-state index contributed by atoms with van der Waals surface area (Å²) < 4.78 is 27.2. The van der Waals surface area contributed by atoms with E-state index in [4.69, 9.17) is 0 Å². The van der Waals surface area contributed by atoms with Gasteiger partial charge < -0.3 is 4.90 Å². The van der Waals surface area contributed by atoms with E-state index in [2.05, 4.69) is 15.5 Å². The highest BCUT2D eigenvalue weighted by Crippen LogP contribution is 2.30. The molecule has 0 fully saturated rings. The molecule has 6 nitrogen and oxygen atoms in total. The van der Waals surface area contributed by atoms with Crippen molar-refractivity contribution in [2.45, 2.75) is 10.8 Å². The molecule has 0 unspecified atom stereocenters. The van der Waals surface area contributed by atoms with Crippen LogP contribution >= 0.6 is 23.1 Å². The van der Waals surface area contributed by atoms with Crippen LogP contribution in [0.4, 0.5) is 19.6 Å². The molecule has 29 heavy (non-hydrogen) atoms. The summed E-state index contributed by atoms with van der Waals surface area (Å²) >= 11 is 2.29. The average Bonchev–Trinajstić information content (AvgIpc) is 3.33. The van der Waals surface area contributed by atoms with Crippen molar-refractivity contribution in [2.75, 3.05) is 22.5 Å². The van der Waals surface area contributed by atoms with Crippen LogP contribution in [0.25, 0.3) is 0 Å². The molecule has 10 heteroatoms. The molecule has 2 heterocycles. The molecule has 0 radical (unpaired) electrons. The number of rotatable bonds is 5. The summed E-state index contributed by atoms with van der Waals surface area (Å²) in [6, 6.07) is 10.5. The van der Waals surface area contributed by atoms with E-state index in [1.54, 1.807) is 4.90 Å². The first-order valence-corrected chi connectivity index (χ1v) is 10.4. The lowest BCUT2D eigenvalue weighted by Gasteiger charge is -2.16. The number of thioether (sulfide) groups is 1. The van der Waals surface area contributed by atoms with E-state index in [1.807, 2.05) is 24.3 Å². The fourth-order valence-corrected chi connectivity index (χ4v) is 4.58. The van der Waals surface area contributed by atoms with E-state index in [9.17, 15) is 18.4 Å². The molecule has 4 rings (SSSR count). The summed E-state index contributed by atoms with van der Waals surface area (Å²) in [5.41, 5.74) is 1.79. The van der Waals surface area contributed by atoms with Gasteiger partial charge in [0.2, 0.25) is 11.0 Å². The third-order valence-corrected chi connectivity index (χ3v) is 6.27. The summed E-state index contributed by atoms with van der Waals surface area (Å²) in [7, 11) is 0. The van der Waals surface area contributed by atoms with Crippen molar-refractivity contribution in [3.05, 3.63) is 65.2 Å². The Balaban J connectivity index is 1.35. The number of carbonyl (C=O) groups is 2. The molecule has 0 saturated heterocycles. The van der Waals surface area contributed by atoms with Crippen LogP contribution in [0.2, 0.25) is 0 Å². The zero-order valence-electron chi connectivity index (χ0n) is 14.9. The fraction of sp³-hybridized carbons (Fsp3) is 0.158. The van der Waals surface area contributed by atoms with Gasteiger partial charge in [0.15, 0.2) is 4.34 Å². The van der Waals surface area contributed by atoms with E-state index in [0.717, 1.165) is 41.1 Å². The number of carbonyl (C=O) groups excluding carboxylic acids is 2. The van der Waals surface area contributed by atoms with Crippen LogP contribution in [0.1, 0.15) is 15.9 Å². The van der Waals surface area contributed by atoms with Crippen LogP contribution < -0.4 is 10.2 Å². The van der Waals surface area contributed by atoms with Gasteiger partial charge in [-0.05, 0) is 30.2 Å². The lowest BCUT2D eigenvalue weighted by atomic mass is 10.2. The molecule has 1 aromatic heterocycles. The van der Waals surface area contributed by atoms with Crippen LogP contribution in [-0.2, 0) is 11.2 Å². The van der Waals surface area contributed by atoms with Crippen LogP contribution in [0.3, 0.4) is 0 Å². The number of aromatic nitrogens is 2. The molecular weight excluding hydrogens is 418 g/mol. The highest BCUT2D eigenvalue weighted by atomic mass is 32.2. The molecule has 2 amide bonds. The van der Waals surface area contributed by atoms with E-state index in [1.165, 1.54) is 11.8 Å². The Hall–Kier alpha value is -2.85. The highest BCUT2D eigenvalue weighted by molar-refractivity contribution is 8.01. The third kappa shape index (κ3) is 4.28. The molecule has 0 atom stereocenters. The third-order valence-electron chi connectivity index (χ3n) is 4.31. The molecule has 1 N–H and O–H groups in total. The van der Waals surface area contributed by atoms with Gasteiger partial charge in [0, 0.05) is 18.3 Å². The summed E-state index contributed by atoms with van der Waals surface area (Å²) in [5.74, 6) is -2.32. The Labute approximate surface area is 172 Å². The number of amides is 2. The van der Waals surface area contributed by atoms with Gasteiger partial charge in [-0.15, -0.1) is 10.2 Å². The predicted molar refractivity (Wildman–Crippen MR) is 107 cm³/mol. The van der Waals surface area contributed by atoms with Gasteiger partial charge in [0.1, 0.15) is 11.6 Å². The summed E-state index contributed by atoms with van der Waals surface area (Å²) in [6.45, 7) is 0.652. The molecule has 148 valence electrons. The minimum atomic E-state index is -0.960. The first kappa shape index (κ1) is 19.5. The number of nitrogens with zero attached hydrogens (tertiary/aromatic N) is 3. The summed E-state index contributed by atoms with van der Waals surface area (Å²) in [4.78, 5) is 26.4. The SMILES string of the molecule is O=C(Nc1nnc(SCC(=O)N2CCc3ccccc32)s1)c1ccc(F)cc1F. The number of anilines is 2. The molecule has 1 aliphatic rings. The van der Waals surface area contributed by atoms with E-state index in [-0.39, 0.29) is 22.4 Å². The second-order valence-electron chi connectivity index (χ2n) is 6.16. The topological polar surface area (TPSA) is 75.2 Å². The number of hydrogen-bond acceptors (Lipinski definition) is 6. The van der Waals surface area contributed by atoms with Crippen LogP contribution in [0.5, 0.6) is 0 Å². The highest BCUT2D eigenvalue weighted by Gasteiger charge is 2.24. The van der Waals surface area contributed by atoms with Gasteiger partial charge in [-0.1, -0.05) is 41.3 Å². The minimum absolute atomic E-state index is 0.0332. The van der Waals surface area contributed by atoms with E-state index >= 15 is 0 Å². The zero-order chi connectivity index (χ0) is 20.4. The minimum Gasteiger partial charge on any atom is -0.311 e. The lowest BCUT2D eigenvalue weighted by molar-refractivity contribution is -0.116. The van der Waals surface area contributed by atoms with Crippen molar-refractivity contribution < 1.29 is 18.4 Å². The van der Waals surface area contributed by atoms with Crippen molar-refractivity contribution in [1.29, 1.82) is 0 Å². The summed E-state index contributed by atoms with van der Waals surface area (Å²) in [5, 5.41) is 10.4. The molecular formula is C19H14F2N4O2S2. The largest absolute Gasteiger partial charge is 0.311 e. The van der Waals surface area contributed by atoms with E-state index < -0.39 is 17.5 Å².